The number of aromatic amines is 2. The molecule has 0 aliphatic heterocycles. The number of aromatic carboxylic acids is 2. The van der Waals surface area contributed by atoms with Gasteiger partial charge in [-0.15, -0.1) is 0 Å². The van der Waals surface area contributed by atoms with E-state index in [1.165, 1.54) is 48.5 Å². The van der Waals surface area contributed by atoms with Gasteiger partial charge in [0.15, 0.2) is 0 Å². The van der Waals surface area contributed by atoms with Gasteiger partial charge in [-0.1, -0.05) is 0 Å². The maximum atomic E-state index is 10.1. The molecule has 10 nitrogen and oxygen atoms in total. The fourth-order valence-corrected chi connectivity index (χ4v) is 2.30. The van der Waals surface area contributed by atoms with Crippen molar-refractivity contribution >= 4 is 11.9 Å². The maximum absolute atomic E-state index is 10.1. The Morgan fingerprint density at radius 1 is 0.657 bits per heavy atom. The predicted molar refractivity (Wildman–Crippen MR) is 121 cm³/mol. The number of carboxylic acid groups (broad SMARTS) is 2. The summed E-state index contributed by atoms with van der Waals surface area (Å²) >= 11 is 0. The van der Waals surface area contributed by atoms with Gasteiger partial charge >= 0.3 is 19.5 Å². The van der Waals surface area contributed by atoms with Gasteiger partial charge in [-0.2, -0.15) is 10.2 Å². The van der Waals surface area contributed by atoms with Crippen molar-refractivity contribution in [1.82, 2.24) is 20.4 Å². The van der Waals surface area contributed by atoms with Gasteiger partial charge in [-0.3, -0.25) is 10.2 Å². The molecule has 0 atom stereocenters. The Kier molecular flexibility index (Phi) is 14.0. The van der Waals surface area contributed by atoms with Gasteiger partial charge in [0.05, 0.1) is 23.3 Å². The standard InChI is InChI=1S/2C7H6O3.2C5H8N2.Zn/c2*8-6-3-1-5(2-4-6)7(9)10;2*1-4-3-5(2)7-6-4;/h2*1-4,8H,(H,9,10);2*3H,1-2H3,(H,6,7);/q;;;;+2/p-2. The molecule has 0 aliphatic rings. The molecule has 35 heavy (non-hydrogen) atoms. The first kappa shape index (κ1) is 31.0. The number of hydrogen-bond acceptors (Lipinski definition) is 8. The number of H-pyrrole nitrogens is 2. The first-order valence-corrected chi connectivity index (χ1v) is 9.96. The summed E-state index contributed by atoms with van der Waals surface area (Å²) in [4.78, 5) is 20.2. The molecular weight excluding hydrogens is 506 g/mol. The molecule has 0 spiro atoms. The van der Waals surface area contributed by atoms with Crippen LogP contribution in [0.2, 0.25) is 0 Å². The Labute approximate surface area is 215 Å². The summed E-state index contributed by atoms with van der Waals surface area (Å²) in [5.41, 5.74) is 4.49. The van der Waals surface area contributed by atoms with Crippen LogP contribution >= 0.6 is 0 Å². The molecule has 4 N–H and O–H groups in total. The number of hydrogen-bond donors (Lipinski definition) is 4. The third kappa shape index (κ3) is 13.4. The number of carboxylic acids is 2. The predicted octanol–water partition coefficient (Wildman–Crippen LogP) is 1.56. The molecule has 11 heteroatoms. The van der Waals surface area contributed by atoms with Crippen molar-refractivity contribution in [2.75, 3.05) is 0 Å². The van der Waals surface area contributed by atoms with Gasteiger partial charge in [0.1, 0.15) is 11.5 Å². The minimum absolute atomic E-state index is 0. The molecule has 0 radical (unpaired) electrons. The van der Waals surface area contributed by atoms with Crippen molar-refractivity contribution in [3.8, 4) is 11.5 Å². The van der Waals surface area contributed by atoms with Gasteiger partial charge in [0.25, 0.3) is 0 Å². The number of nitrogens with one attached hydrogen (secondary N) is 2. The number of carbonyl (C=O) groups is 2. The summed E-state index contributed by atoms with van der Waals surface area (Å²) in [5, 5.41) is 51.1. The minimum atomic E-state index is -1.24. The van der Waals surface area contributed by atoms with Crippen molar-refractivity contribution in [3.63, 3.8) is 0 Å². The molecule has 0 bridgehead atoms. The molecule has 2 aromatic heterocycles. The van der Waals surface area contributed by atoms with E-state index in [1.54, 1.807) is 0 Å². The van der Waals surface area contributed by atoms with E-state index in [-0.39, 0.29) is 42.1 Å². The number of aromatic nitrogens is 4. The first-order valence-electron chi connectivity index (χ1n) is 9.96. The van der Waals surface area contributed by atoms with Gasteiger partial charge in [-0.25, -0.2) is 0 Å². The fraction of sp³-hybridized carbons (Fsp3) is 0.167. The van der Waals surface area contributed by atoms with E-state index in [2.05, 4.69) is 20.4 Å². The smallest absolute Gasteiger partial charge is 0.545 e. The molecule has 2 aromatic carbocycles. The average Bonchev–Trinajstić information content (AvgIpc) is 3.35. The van der Waals surface area contributed by atoms with E-state index in [1.807, 2.05) is 39.8 Å². The second-order valence-corrected chi connectivity index (χ2v) is 7.05. The molecule has 2 heterocycles. The summed E-state index contributed by atoms with van der Waals surface area (Å²) < 4.78 is 0. The molecule has 180 valence electrons. The van der Waals surface area contributed by atoms with Crippen LogP contribution in [0.1, 0.15) is 43.5 Å². The van der Waals surface area contributed by atoms with Crippen LogP contribution < -0.4 is 10.2 Å². The quantitative estimate of drug-likeness (QED) is 0.281. The molecule has 0 saturated carbocycles. The monoisotopic (exact) mass is 530 g/mol. The number of nitrogens with zero attached hydrogens (tertiary/aromatic N) is 2. The zero-order chi connectivity index (χ0) is 25.7. The van der Waals surface area contributed by atoms with Crippen molar-refractivity contribution in [1.29, 1.82) is 0 Å². The van der Waals surface area contributed by atoms with E-state index in [0.29, 0.717) is 0 Å². The second-order valence-electron chi connectivity index (χ2n) is 7.05. The summed E-state index contributed by atoms with van der Waals surface area (Å²) in [7, 11) is 0. The first-order chi connectivity index (χ1) is 16.0. The summed E-state index contributed by atoms with van der Waals surface area (Å²) in [6, 6.07) is 14.3. The fourth-order valence-electron chi connectivity index (χ4n) is 2.30. The summed E-state index contributed by atoms with van der Waals surface area (Å²) in [6.45, 7) is 7.90. The van der Waals surface area contributed by atoms with Gasteiger partial charge in [-0.05, 0) is 99.5 Å². The van der Waals surface area contributed by atoms with Crippen LogP contribution in [-0.4, -0.2) is 42.5 Å². The SMILES string of the molecule is Cc1cc(C)[nH]n1.Cc1cc(C)[nH]n1.O=C([O-])c1ccc(O)cc1.O=C([O-])c1ccc(O)cc1.[Zn+2]. The number of carbonyl (C=O) groups excluding carboxylic acids is 2. The normalized spacial score (nSPS) is 9.03. The van der Waals surface area contributed by atoms with Crippen LogP contribution in [0, 0.1) is 27.7 Å². The van der Waals surface area contributed by atoms with E-state index in [4.69, 9.17) is 10.2 Å². The van der Waals surface area contributed by atoms with Crippen molar-refractivity contribution in [3.05, 3.63) is 94.6 Å². The van der Waals surface area contributed by atoms with Crippen LogP contribution in [0.3, 0.4) is 0 Å². The van der Waals surface area contributed by atoms with E-state index >= 15 is 0 Å². The molecule has 0 unspecified atom stereocenters. The number of phenols is 2. The molecule has 0 fully saturated rings. The Bertz CT molecular complexity index is 1040. The Morgan fingerprint density at radius 2 is 0.943 bits per heavy atom. The molecule has 0 aliphatic carbocycles. The topological polar surface area (TPSA) is 178 Å². The van der Waals surface area contributed by atoms with Gasteiger partial charge < -0.3 is 30.0 Å². The second kappa shape index (κ2) is 15.8. The number of benzene rings is 2. The molecule has 4 rings (SSSR count). The van der Waals surface area contributed by atoms with Crippen LogP contribution in [0.15, 0.2) is 60.7 Å². The Hall–Kier alpha value is -3.98. The van der Waals surface area contributed by atoms with Gasteiger partial charge in [0, 0.05) is 11.4 Å². The molecule has 0 saturated heterocycles. The number of aromatic hydroxyl groups is 2. The Morgan fingerprint density at radius 3 is 1.09 bits per heavy atom. The van der Waals surface area contributed by atoms with Crippen LogP contribution in [0.25, 0.3) is 0 Å². The maximum Gasteiger partial charge on any atom is 2.00 e. The summed E-state index contributed by atoms with van der Waals surface area (Å²) in [6.07, 6.45) is 0. The van der Waals surface area contributed by atoms with Crippen molar-refractivity contribution in [2.45, 2.75) is 27.7 Å². The number of aryl methyl sites for hydroxylation is 4. The number of rotatable bonds is 2. The van der Waals surface area contributed by atoms with Crippen molar-refractivity contribution in [2.24, 2.45) is 0 Å². The third-order valence-corrected chi connectivity index (χ3v) is 3.87. The van der Waals surface area contributed by atoms with E-state index < -0.39 is 11.9 Å². The number of phenolic OH excluding ortho intramolecular Hbond substituents is 2. The van der Waals surface area contributed by atoms with Crippen molar-refractivity contribution < 1.29 is 49.5 Å². The molecular formula is C24H26N4O6Zn. The van der Waals surface area contributed by atoms with Crippen LogP contribution in [0.5, 0.6) is 11.5 Å². The largest absolute Gasteiger partial charge is 2.00 e. The molecule has 0 amide bonds. The third-order valence-electron chi connectivity index (χ3n) is 3.87. The van der Waals surface area contributed by atoms with Crippen LogP contribution in [-0.2, 0) is 19.5 Å². The van der Waals surface area contributed by atoms with E-state index in [0.717, 1.165) is 22.8 Å². The molecule has 4 aromatic rings. The van der Waals surface area contributed by atoms with Gasteiger partial charge in [0.2, 0.25) is 0 Å². The van der Waals surface area contributed by atoms with E-state index in [9.17, 15) is 19.8 Å². The minimum Gasteiger partial charge on any atom is -0.545 e. The zero-order valence-corrected chi connectivity index (χ0v) is 22.9. The summed E-state index contributed by atoms with van der Waals surface area (Å²) in [5.74, 6) is -2.38. The Balaban J connectivity index is 0.000000442. The average molecular weight is 532 g/mol. The van der Waals surface area contributed by atoms with Crippen LogP contribution in [0.4, 0.5) is 0 Å². The zero-order valence-electron chi connectivity index (χ0n) is 19.9.